The second-order valence-corrected chi connectivity index (χ2v) is 3.17. The van der Waals surface area contributed by atoms with Crippen LogP contribution in [0.3, 0.4) is 0 Å². The van der Waals surface area contributed by atoms with Crippen LogP contribution in [0.4, 0.5) is 4.39 Å². The zero-order valence-electron chi connectivity index (χ0n) is 7.61. The molecule has 2 rings (SSSR count). The van der Waals surface area contributed by atoms with Gasteiger partial charge in [0.1, 0.15) is 24.3 Å². The predicted octanol–water partition coefficient (Wildman–Crippen LogP) is 1.25. The van der Waals surface area contributed by atoms with Gasteiger partial charge in [-0.15, -0.1) is 0 Å². The van der Waals surface area contributed by atoms with Gasteiger partial charge in [-0.05, 0) is 6.07 Å². The van der Waals surface area contributed by atoms with E-state index < -0.39 is 0 Å². The molecule has 0 saturated heterocycles. The standard InChI is InChI=1S/C10H11FN2O/c11-8-4-2-1-3-7(8)9-5-14-6-10(12)13-9/h1-4,9H,5-6H2,(H2,12,13). The molecule has 0 bridgehead atoms. The van der Waals surface area contributed by atoms with Crippen LogP contribution in [0.25, 0.3) is 0 Å². The van der Waals surface area contributed by atoms with Crippen molar-refractivity contribution in [3.63, 3.8) is 0 Å². The summed E-state index contributed by atoms with van der Waals surface area (Å²) in [6, 6.07) is 6.24. The highest BCUT2D eigenvalue weighted by molar-refractivity contribution is 5.82. The molecule has 0 spiro atoms. The Kier molecular flexibility index (Phi) is 2.45. The van der Waals surface area contributed by atoms with Crippen LogP contribution in [0.2, 0.25) is 0 Å². The summed E-state index contributed by atoms with van der Waals surface area (Å²) in [7, 11) is 0. The zero-order chi connectivity index (χ0) is 9.97. The number of amidine groups is 1. The van der Waals surface area contributed by atoms with Crippen LogP contribution in [-0.2, 0) is 4.74 Å². The van der Waals surface area contributed by atoms with E-state index in [9.17, 15) is 4.39 Å². The average Bonchev–Trinajstić information content (AvgIpc) is 2.18. The van der Waals surface area contributed by atoms with Crippen molar-refractivity contribution < 1.29 is 9.13 Å². The van der Waals surface area contributed by atoms with Gasteiger partial charge in [-0.2, -0.15) is 0 Å². The van der Waals surface area contributed by atoms with E-state index in [4.69, 9.17) is 10.5 Å². The van der Waals surface area contributed by atoms with E-state index >= 15 is 0 Å². The Morgan fingerprint density at radius 2 is 2.21 bits per heavy atom. The van der Waals surface area contributed by atoms with Gasteiger partial charge in [-0.1, -0.05) is 18.2 Å². The molecule has 1 aliphatic heterocycles. The summed E-state index contributed by atoms with van der Waals surface area (Å²) in [5.74, 6) is 0.157. The number of halogens is 1. The third-order valence-corrected chi connectivity index (χ3v) is 2.11. The largest absolute Gasteiger partial charge is 0.386 e. The van der Waals surface area contributed by atoms with Crippen molar-refractivity contribution in [3.8, 4) is 0 Å². The zero-order valence-corrected chi connectivity index (χ0v) is 7.61. The van der Waals surface area contributed by atoms with Gasteiger partial charge in [0.2, 0.25) is 0 Å². The second kappa shape index (κ2) is 3.75. The molecule has 0 radical (unpaired) electrons. The van der Waals surface area contributed by atoms with Crippen LogP contribution in [0, 0.1) is 5.82 Å². The van der Waals surface area contributed by atoms with E-state index in [0.717, 1.165) is 0 Å². The van der Waals surface area contributed by atoms with Crippen molar-refractivity contribution in [3.05, 3.63) is 35.6 Å². The molecule has 14 heavy (non-hydrogen) atoms. The first-order valence-electron chi connectivity index (χ1n) is 4.41. The Bertz CT molecular complexity index is 365. The molecule has 1 unspecified atom stereocenters. The van der Waals surface area contributed by atoms with Crippen molar-refractivity contribution in [2.45, 2.75) is 6.04 Å². The second-order valence-electron chi connectivity index (χ2n) is 3.17. The number of hydrogen-bond donors (Lipinski definition) is 1. The quantitative estimate of drug-likeness (QED) is 0.731. The first kappa shape index (κ1) is 9.15. The third kappa shape index (κ3) is 1.75. The molecule has 2 N–H and O–H groups in total. The summed E-state index contributed by atoms with van der Waals surface area (Å²) in [4.78, 5) is 4.14. The number of ether oxygens (including phenoxy) is 1. The number of nitrogens with two attached hydrogens (primary N) is 1. The highest BCUT2D eigenvalue weighted by atomic mass is 19.1. The fraction of sp³-hybridized carbons (Fsp3) is 0.300. The number of hydrogen-bond acceptors (Lipinski definition) is 3. The van der Waals surface area contributed by atoms with Gasteiger partial charge in [-0.3, -0.25) is 4.99 Å². The maximum Gasteiger partial charge on any atom is 0.128 e. The average molecular weight is 194 g/mol. The van der Waals surface area contributed by atoms with E-state index in [1.54, 1.807) is 18.2 Å². The number of aliphatic imine (C=N–C) groups is 1. The fourth-order valence-corrected chi connectivity index (χ4v) is 1.45. The van der Waals surface area contributed by atoms with Gasteiger partial charge < -0.3 is 10.5 Å². The Labute approximate surface area is 81.4 Å². The van der Waals surface area contributed by atoms with Gasteiger partial charge in [0, 0.05) is 5.56 Å². The van der Waals surface area contributed by atoms with Crippen LogP contribution in [0.15, 0.2) is 29.3 Å². The molecule has 0 aromatic heterocycles. The molecule has 1 atom stereocenters. The Morgan fingerprint density at radius 1 is 1.43 bits per heavy atom. The van der Waals surface area contributed by atoms with Gasteiger partial charge >= 0.3 is 0 Å². The highest BCUT2D eigenvalue weighted by Crippen LogP contribution is 2.22. The van der Waals surface area contributed by atoms with Crippen molar-refractivity contribution >= 4 is 5.84 Å². The van der Waals surface area contributed by atoms with Crippen LogP contribution in [0.1, 0.15) is 11.6 Å². The van der Waals surface area contributed by atoms with Gasteiger partial charge in [0.15, 0.2) is 0 Å². The van der Waals surface area contributed by atoms with Crippen LogP contribution < -0.4 is 5.73 Å². The summed E-state index contributed by atoms with van der Waals surface area (Å²) in [6.45, 7) is 0.729. The SMILES string of the molecule is NC1=NC(c2ccccc2F)COC1. The summed E-state index contributed by atoms with van der Waals surface area (Å²) in [6.07, 6.45) is 0. The lowest BCUT2D eigenvalue weighted by molar-refractivity contribution is 0.142. The minimum absolute atomic E-state index is 0.264. The van der Waals surface area contributed by atoms with Gasteiger partial charge in [-0.25, -0.2) is 4.39 Å². The van der Waals surface area contributed by atoms with Gasteiger partial charge in [0.25, 0.3) is 0 Å². The normalized spacial score (nSPS) is 21.8. The highest BCUT2D eigenvalue weighted by Gasteiger charge is 2.18. The lowest BCUT2D eigenvalue weighted by Crippen LogP contribution is -2.27. The van der Waals surface area contributed by atoms with E-state index in [1.807, 2.05) is 0 Å². The van der Waals surface area contributed by atoms with E-state index in [2.05, 4.69) is 4.99 Å². The molecule has 0 amide bonds. The minimum atomic E-state index is -0.301. The first-order valence-corrected chi connectivity index (χ1v) is 4.41. The Hall–Kier alpha value is -1.42. The van der Waals surface area contributed by atoms with Crippen molar-refractivity contribution in [1.29, 1.82) is 0 Å². The number of nitrogens with zero attached hydrogens (tertiary/aromatic N) is 1. The molecule has 1 aromatic carbocycles. The van der Waals surface area contributed by atoms with Crippen LogP contribution >= 0.6 is 0 Å². The Morgan fingerprint density at radius 3 is 2.93 bits per heavy atom. The third-order valence-electron chi connectivity index (χ3n) is 2.11. The summed E-state index contributed by atoms with van der Waals surface area (Å²) in [5, 5.41) is 0. The van der Waals surface area contributed by atoms with E-state index in [0.29, 0.717) is 24.6 Å². The summed E-state index contributed by atoms with van der Waals surface area (Å²) in [5.41, 5.74) is 6.05. The molecule has 1 aromatic rings. The molecule has 0 aliphatic carbocycles. The molecular weight excluding hydrogens is 183 g/mol. The van der Waals surface area contributed by atoms with Crippen molar-refractivity contribution in [2.24, 2.45) is 10.7 Å². The molecule has 1 aliphatic rings. The van der Waals surface area contributed by atoms with Crippen LogP contribution in [-0.4, -0.2) is 19.0 Å². The van der Waals surface area contributed by atoms with Crippen molar-refractivity contribution in [2.75, 3.05) is 13.2 Å². The molecule has 0 fully saturated rings. The lowest BCUT2D eigenvalue weighted by atomic mass is 10.1. The molecule has 0 saturated carbocycles. The van der Waals surface area contributed by atoms with E-state index in [-0.39, 0.29) is 11.9 Å². The molecule has 3 nitrogen and oxygen atoms in total. The molecule has 4 heteroatoms. The smallest absolute Gasteiger partial charge is 0.128 e. The summed E-state index contributed by atoms with van der Waals surface area (Å²) >= 11 is 0. The van der Waals surface area contributed by atoms with Crippen molar-refractivity contribution in [1.82, 2.24) is 0 Å². The van der Waals surface area contributed by atoms with Gasteiger partial charge in [0.05, 0.1) is 6.61 Å². The van der Waals surface area contributed by atoms with E-state index in [1.165, 1.54) is 6.07 Å². The molecular formula is C10H11FN2O. The number of benzene rings is 1. The predicted molar refractivity (Wildman–Crippen MR) is 51.6 cm³/mol. The maximum atomic E-state index is 13.3. The maximum absolute atomic E-state index is 13.3. The summed E-state index contributed by atoms with van der Waals surface area (Å²) < 4.78 is 18.5. The molecule has 74 valence electrons. The minimum Gasteiger partial charge on any atom is -0.386 e. The topological polar surface area (TPSA) is 47.6 Å². The fourth-order valence-electron chi connectivity index (χ4n) is 1.45. The first-order chi connectivity index (χ1) is 6.77. The Balaban J connectivity index is 2.31. The monoisotopic (exact) mass is 194 g/mol. The molecule has 1 heterocycles. The number of rotatable bonds is 1. The lowest BCUT2D eigenvalue weighted by Gasteiger charge is -2.19. The van der Waals surface area contributed by atoms with Crippen LogP contribution in [0.5, 0.6) is 0 Å².